The first kappa shape index (κ1) is 19.6. The summed E-state index contributed by atoms with van der Waals surface area (Å²) in [7, 11) is 0. The highest BCUT2D eigenvalue weighted by Crippen LogP contribution is 2.31. The minimum Gasteiger partial charge on any atom is -0.326 e. The number of aryl methyl sites for hydroxylation is 2. The molecule has 1 saturated carbocycles. The van der Waals surface area contributed by atoms with Crippen LogP contribution in [0.25, 0.3) is 11.0 Å². The fourth-order valence-corrected chi connectivity index (χ4v) is 3.35. The molecule has 0 aliphatic heterocycles. The zero-order valence-electron chi connectivity index (χ0n) is 16.7. The molecule has 0 bridgehead atoms. The molecular weight excluding hydrogens is 384 g/mol. The molecule has 3 aromatic rings. The lowest BCUT2D eigenvalue weighted by Gasteiger charge is -2.12. The summed E-state index contributed by atoms with van der Waals surface area (Å²) < 4.78 is 1.37. The molecule has 0 atom stereocenters. The van der Waals surface area contributed by atoms with Crippen molar-refractivity contribution < 1.29 is 9.59 Å². The Hall–Kier alpha value is -3.68. The second kappa shape index (κ2) is 7.62. The quantitative estimate of drug-likeness (QED) is 0.565. The lowest BCUT2D eigenvalue weighted by Crippen LogP contribution is -2.36. The number of hydrogen-bond acceptors (Lipinski definition) is 4. The first-order chi connectivity index (χ1) is 14.4. The number of hydrogen-bond donors (Lipinski definition) is 3. The molecule has 4 rings (SSSR count). The topological polar surface area (TPSA) is 113 Å². The zero-order chi connectivity index (χ0) is 21.4. The number of carbonyl (C=O) groups excluding carboxylic acids is 2. The maximum absolute atomic E-state index is 12.8. The SMILES string of the molecule is CCn1c(=O)c(=O)[nH]c2cc(C(=O)Nc3cc(NC(=O)C4CC4)ccc3C)ccc21. The molecule has 0 radical (unpaired) electrons. The number of H-pyrrole nitrogens is 1. The molecule has 30 heavy (non-hydrogen) atoms. The number of benzene rings is 2. The summed E-state index contributed by atoms with van der Waals surface area (Å²) in [6.45, 7) is 3.99. The molecule has 0 saturated heterocycles. The number of carbonyl (C=O) groups is 2. The van der Waals surface area contributed by atoms with Gasteiger partial charge in [-0.2, -0.15) is 0 Å². The van der Waals surface area contributed by atoms with Gasteiger partial charge in [-0.3, -0.25) is 19.2 Å². The van der Waals surface area contributed by atoms with Gasteiger partial charge >= 0.3 is 11.1 Å². The highest BCUT2D eigenvalue weighted by atomic mass is 16.2. The van der Waals surface area contributed by atoms with Crippen LogP contribution in [-0.2, 0) is 11.3 Å². The van der Waals surface area contributed by atoms with Crippen molar-refractivity contribution in [2.45, 2.75) is 33.2 Å². The second-order valence-corrected chi connectivity index (χ2v) is 7.48. The minimum atomic E-state index is -0.725. The Kier molecular flexibility index (Phi) is 4.99. The summed E-state index contributed by atoms with van der Waals surface area (Å²) in [6.07, 6.45) is 1.83. The normalized spacial score (nSPS) is 13.3. The van der Waals surface area contributed by atoms with E-state index in [1.807, 2.05) is 13.0 Å². The number of nitrogens with one attached hydrogen (secondary N) is 3. The van der Waals surface area contributed by atoms with E-state index in [2.05, 4.69) is 15.6 Å². The summed E-state index contributed by atoms with van der Waals surface area (Å²) in [5.41, 5.74) is 2.02. The van der Waals surface area contributed by atoms with E-state index in [1.54, 1.807) is 37.3 Å². The van der Waals surface area contributed by atoms with Crippen molar-refractivity contribution >= 4 is 34.2 Å². The molecule has 1 heterocycles. The van der Waals surface area contributed by atoms with Crippen molar-refractivity contribution in [3.8, 4) is 0 Å². The van der Waals surface area contributed by atoms with Crippen LogP contribution in [0.1, 0.15) is 35.7 Å². The molecule has 3 N–H and O–H groups in total. The molecule has 1 aliphatic rings. The molecule has 8 nitrogen and oxygen atoms in total. The number of aromatic nitrogens is 2. The number of rotatable bonds is 5. The highest BCUT2D eigenvalue weighted by molar-refractivity contribution is 6.06. The monoisotopic (exact) mass is 406 g/mol. The predicted molar refractivity (Wildman–Crippen MR) is 115 cm³/mol. The van der Waals surface area contributed by atoms with Crippen molar-refractivity contribution in [3.05, 3.63) is 68.2 Å². The maximum Gasteiger partial charge on any atom is 0.316 e. The van der Waals surface area contributed by atoms with Crippen molar-refractivity contribution in [3.63, 3.8) is 0 Å². The van der Waals surface area contributed by atoms with Crippen molar-refractivity contribution in [1.29, 1.82) is 0 Å². The van der Waals surface area contributed by atoms with Gasteiger partial charge in [-0.05, 0) is 62.6 Å². The number of fused-ring (bicyclic) bond motifs is 1. The van der Waals surface area contributed by atoms with Gasteiger partial charge in [0.05, 0.1) is 11.0 Å². The van der Waals surface area contributed by atoms with Crippen molar-refractivity contribution in [1.82, 2.24) is 9.55 Å². The van der Waals surface area contributed by atoms with E-state index in [-0.39, 0.29) is 17.7 Å². The summed E-state index contributed by atoms with van der Waals surface area (Å²) in [5, 5.41) is 5.72. The van der Waals surface area contributed by atoms with Crippen LogP contribution in [0.3, 0.4) is 0 Å². The van der Waals surface area contributed by atoms with Crippen LogP contribution >= 0.6 is 0 Å². The van der Waals surface area contributed by atoms with Gasteiger partial charge in [-0.25, -0.2) is 0 Å². The second-order valence-electron chi connectivity index (χ2n) is 7.48. The van der Waals surface area contributed by atoms with Crippen LogP contribution in [0.15, 0.2) is 46.0 Å². The summed E-state index contributed by atoms with van der Waals surface area (Å²) >= 11 is 0. The van der Waals surface area contributed by atoms with Gasteiger partial charge in [0.15, 0.2) is 0 Å². The lowest BCUT2D eigenvalue weighted by atomic mass is 10.1. The lowest BCUT2D eigenvalue weighted by molar-refractivity contribution is -0.117. The summed E-state index contributed by atoms with van der Waals surface area (Å²) in [5.74, 6) is -0.276. The number of anilines is 2. The molecule has 2 amide bonds. The Labute approximate surface area is 171 Å². The van der Waals surface area contributed by atoms with Gasteiger partial charge in [0.25, 0.3) is 5.91 Å². The van der Waals surface area contributed by atoms with Crippen LogP contribution in [0.2, 0.25) is 0 Å². The van der Waals surface area contributed by atoms with Gasteiger partial charge < -0.3 is 20.2 Å². The third-order valence-corrected chi connectivity index (χ3v) is 5.25. The molecule has 8 heteroatoms. The first-order valence-corrected chi connectivity index (χ1v) is 9.87. The maximum atomic E-state index is 12.8. The number of amides is 2. The Morgan fingerprint density at radius 2 is 1.87 bits per heavy atom. The van der Waals surface area contributed by atoms with E-state index in [0.717, 1.165) is 18.4 Å². The van der Waals surface area contributed by atoms with E-state index < -0.39 is 11.1 Å². The largest absolute Gasteiger partial charge is 0.326 e. The van der Waals surface area contributed by atoms with Crippen LogP contribution in [0.5, 0.6) is 0 Å². The Morgan fingerprint density at radius 3 is 2.57 bits per heavy atom. The third kappa shape index (κ3) is 3.76. The van der Waals surface area contributed by atoms with Crippen LogP contribution < -0.4 is 21.8 Å². The van der Waals surface area contributed by atoms with Crippen molar-refractivity contribution in [2.75, 3.05) is 10.6 Å². The van der Waals surface area contributed by atoms with Crippen molar-refractivity contribution in [2.24, 2.45) is 5.92 Å². The Morgan fingerprint density at radius 1 is 1.10 bits per heavy atom. The average molecular weight is 406 g/mol. The molecule has 0 unspecified atom stereocenters. The van der Waals surface area contributed by atoms with Gasteiger partial charge in [0, 0.05) is 29.4 Å². The summed E-state index contributed by atoms with van der Waals surface area (Å²) in [6, 6.07) is 10.2. The number of nitrogens with zero attached hydrogens (tertiary/aromatic N) is 1. The van der Waals surface area contributed by atoms with Crippen LogP contribution in [0.4, 0.5) is 11.4 Å². The first-order valence-electron chi connectivity index (χ1n) is 9.87. The van der Waals surface area contributed by atoms with Crippen LogP contribution in [-0.4, -0.2) is 21.4 Å². The minimum absolute atomic E-state index is 0.00316. The highest BCUT2D eigenvalue weighted by Gasteiger charge is 2.29. The van der Waals surface area contributed by atoms with E-state index in [0.29, 0.717) is 34.5 Å². The average Bonchev–Trinajstić information content (AvgIpc) is 3.56. The fourth-order valence-electron chi connectivity index (χ4n) is 3.35. The molecule has 1 fully saturated rings. The molecule has 2 aromatic carbocycles. The molecule has 154 valence electrons. The van der Waals surface area contributed by atoms with Gasteiger partial charge in [-0.1, -0.05) is 6.07 Å². The van der Waals surface area contributed by atoms with E-state index in [1.165, 1.54) is 4.57 Å². The standard InChI is InChI=1S/C22H22N4O4/c1-3-26-18-9-7-14(10-17(18)25-21(29)22(26)30)20(28)24-16-11-15(8-4-12(16)2)23-19(27)13-5-6-13/h4,7-11,13H,3,5-6H2,1-2H3,(H,23,27)(H,24,28)(H,25,29). The molecule has 1 aliphatic carbocycles. The van der Waals surface area contributed by atoms with Gasteiger partial charge in [0.2, 0.25) is 5.91 Å². The third-order valence-electron chi connectivity index (χ3n) is 5.25. The molecule has 0 spiro atoms. The smallest absolute Gasteiger partial charge is 0.316 e. The Bertz CT molecular complexity index is 1280. The van der Waals surface area contributed by atoms with Gasteiger partial charge in [0.1, 0.15) is 0 Å². The molecule has 1 aromatic heterocycles. The predicted octanol–water partition coefficient (Wildman–Crippen LogP) is 2.62. The van der Waals surface area contributed by atoms with Gasteiger partial charge in [-0.15, -0.1) is 0 Å². The fraction of sp³-hybridized carbons (Fsp3) is 0.273. The zero-order valence-corrected chi connectivity index (χ0v) is 16.7. The Balaban J connectivity index is 1.61. The molecular formula is C22H22N4O4. The number of aromatic amines is 1. The van der Waals surface area contributed by atoms with E-state index >= 15 is 0 Å². The van der Waals surface area contributed by atoms with E-state index in [9.17, 15) is 19.2 Å². The summed E-state index contributed by atoms with van der Waals surface area (Å²) in [4.78, 5) is 51.2. The van der Waals surface area contributed by atoms with E-state index in [4.69, 9.17) is 0 Å². The van der Waals surface area contributed by atoms with Crippen LogP contribution in [0, 0.1) is 12.8 Å².